The van der Waals surface area contributed by atoms with Crippen LogP contribution in [-0.2, 0) is 9.59 Å². The molecule has 0 spiro atoms. The van der Waals surface area contributed by atoms with Crippen LogP contribution in [0.4, 0.5) is 5.82 Å². The number of aromatic nitrogens is 1. The first kappa shape index (κ1) is 13.5. The van der Waals surface area contributed by atoms with Gasteiger partial charge in [-0.05, 0) is 24.3 Å². The van der Waals surface area contributed by atoms with Gasteiger partial charge in [0.15, 0.2) is 0 Å². The van der Waals surface area contributed by atoms with Crippen LogP contribution in [-0.4, -0.2) is 28.6 Å². The van der Waals surface area contributed by atoms with E-state index in [9.17, 15) is 9.59 Å². The summed E-state index contributed by atoms with van der Waals surface area (Å²) in [6, 6.07) is 4.64. The van der Waals surface area contributed by atoms with Crippen molar-refractivity contribution >= 4 is 30.3 Å². The Morgan fingerprint density at radius 1 is 1.47 bits per heavy atom. The minimum atomic E-state index is -0.577. The number of nitrogens with one attached hydrogen (secondary N) is 2. The van der Waals surface area contributed by atoms with Crippen molar-refractivity contribution in [3.63, 3.8) is 0 Å². The first-order valence-electron chi connectivity index (χ1n) is 5.23. The van der Waals surface area contributed by atoms with E-state index in [-0.39, 0.29) is 11.8 Å². The highest BCUT2D eigenvalue weighted by molar-refractivity contribution is 7.80. The number of hydrogen-bond donors (Lipinski definition) is 3. The Morgan fingerprint density at radius 3 is 2.76 bits per heavy atom. The van der Waals surface area contributed by atoms with Crippen LogP contribution in [0.3, 0.4) is 0 Å². The molecular formula is C11H15N3O2S. The molecule has 0 saturated heterocycles. The summed E-state index contributed by atoms with van der Waals surface area (Å²) in [5.74, 6) is 0.452. The summed E-state index contributed by atoms with van der Waals surface area (Å²) in [5, 5.41) is 5.21. The molecule has 0 aliphatic heterocycles. The maximum absolute atomic E-state index is 11.8. The molecule has 1 aromatic rings. The average Bonchev–Trinajstić information content (AvgIpc) is 2.29. The van der Waals surface area contributed by atoms with Crippen molar-refractivity contribution in [3.05, 3.63) is 24.4 Å². The van der Waals surface area contributed by atoms with E-state index in [1.54, 1.807) is 24.4 Å². The number of anilines is 1. The van der Waals surface area contributed by atoms with Gasteiger partial charge in [-0.3, -0.25) is 9.59 Å². The van der Waals surface area contributed by atoms with Crippen LogP contribution in [0.5, 0.6) is 0 Å². The second-order valence-electron chi connectivity index (χ2n) is 3.47. The highest BCUT2D eigenvalue weighted by atomic mass is 32.1. The van der Waals surface area contributed by atoms with Crippen LogP contribution >= 0.6 is 12.6 Å². The van der Waals surface area contributed by atoms with Gasteiger partial charge in [0.1, 0.15) is 11.9 Å². The minimum Gasteiger partial charge on any atom is -0.345 e. The highest BCUT2D eigenvalue weighted by Crippen LogP contribution is 2.03. The van der Waals surface area contributed by atoms with Crippen molar-refractivity contribution in [2.75, 3.05) is 11.1 Å². The van der Waals surface area contributed by atoms with E-state index in [1.165, 1.54) is 6.92 Å². The van der Waals surface area contributed by atoms with Crippen LogP contribution in [0.15, 0.2) is 24.4 Å². The van der Waals surface area contributed by atoms with Gasteiger partial charge in [-0.15, -0.1) is 0 Å². The fourth-order valence-electron chi connectivity index (χ4n) is 1.29. The number of rotatable bonds is 5. The van der Waals surface area contributed by atoms with Gasteiger partial charge in [0.05, 0.1) is 0 Å². The summed E-state index contributed by atoms with van der Waals surface area (Å²) in [6.07, 6.45) is 2.06. The molecule has 2 amide bonds. The molecule has 1 unspecified atom stereocenters. The van der Waals surface area contributed by atoms with Crippen molar-refractivity contribution in [1.29, 1.82) is 0 Å². The number of carbonyl (C=O) groups is 2. The number of nitrogens with zero attached hydrogens (tertiary/aromatic N) is 1. The Morgan fingerprint density at radius 2 is 2.24 bits per heavy atom. The van der Waals surface area contributed by atoms with E-state index in [1.807, 2.05) is 0 Å². The van der Waals surface area contributed by atoms with Gasteiger partial charge in [0, 0.05) is 13.1 Å². The van der Waals surface area contributed by atoms with Crippen LogP contribution < -0.4 is 10.6 Å². The van der Waals surface area contributed by atoms with E-state index in [4.69, 9.17) is 0 Å². The fraction of sp³-hybridized carbons (Fsp3) is 0.364. The van der Waals surface area contributed by atoms with Gasteiger partial charge < -0.3 is 10.6 Å². The van der Waals surface area contributed by atoms with E-state index in [0.717, 1.165) is 0 Å². The molecule has 6 heteroatoms. The third kappa shape index (κ3) is 4.86. The van der Waals surface area contributed by atoms with E-state index >= 15 is 0 Å². The molecule has 2 N–H and O–H groups in total. The number of hydrogen-bond acceptors (Lipinski definition) is 4. The summed E-state index contributed by atoms with van der Waals surface area (Å²) >= 11 is 4.06. The summed E-state index contributed by atoms with van der Waals surface area (Å²) in [4.78, 5) is 26.8. The molecule has 0 aromatic carbocycles. The zero-order valence-corrected chi connectivity index (χ0v) is 10.4. The lowest BCUT2D eigenvalue weighted by Crippen LogP contribution is -2.43. The Bertz CT molecular complexity index is 384. The third-order valence-corrected chi connectivity index (χ3v) is 2.29. The largest absolute Gasteiger partial charge is 0.345 e. The molecule has 5 nitrogen and oxygen atoms in total. The van der Waals surface area contributed by atoms with Crippen molar-refractivity contribution in [2.45, 2.75) is 19.4 Å². The van der Waals surface area contributed by atoms with Crippen LogP contribution in [0, 0.1) is 0 Å². The molecule has 0 radical (unpaired) electrons. The van der Waals surface area contributed by atoms with Crippen molar-refractivity contribution in [2.24, 2.45) is 0 Å². The molecule has 92 valence electrons. The van der Waals surface area contributed by atoms with Crippen LogP contribution in [0.25, 0.3) is 0 Å². The average molecular weight is 253 g/mol. The summed E-state index contributed by atoms with van der Waals surface area (Å²) in [5.41, 5.74) is 0. The molecule has 0 saturated carbocycles. The second-order valence-corrected chi connectivity index (χ2v) is 3.92. The molecule has 0 aliphatic carbocycles. The maximum Gasteiger partial charge on any atom is 0.248 e. The summed E-state index contributed by atoms with van der Waals surface area (Å²) in [6.45, 7) is 1.37. The Labute approximate surface area is 105 Å². The lowest BCUT2D eigenvalue weighted by molar-refractivity contribution is -0.125. The van der Waals surface area contributed by atoms with Crippen LogP contribution in [0.2, 0.25) is 0 Å². The first-order valence-corrected chi connectivity index (χ1v) is 5.86. The van der Waals surface area contributed by atoms with Crippen molar-refractivity contribution in [3.8, 4) is 0 Å². The minimum absolute atomic E-state index is 0.243. The predicted molar refractivity (Wildman–Crippen MR) is 68.9 cm³/mol. The molecule has 0 aliphatic rings. The van der Waals surface area contributed by atoms with Crippen molar-refractivity contribution < 1.29 is 9.59 Å². The number of pyridine rings is 1. The molecule has 1 heterocycles. The van der Waals surface area contributed by atoms with Gasteiger partial charge in [0.2, 0.25) is 11.8 Å². The molecule has 1 aromatic heterocycles. The first-order chi connectivity index (χ1) is 8.13. The Kier molecular flexibility index (Phi) is 5.48. The standard InChI is InChI=1S/C11H15N3O2S/c1-8(15)13-9(5-7-17)11(16)14-10-4-2-3-6-12-10/h2-4,6,9,17H,5,7H2,1H3,(H,13,15)(H,12,14,16). The highest BCUT2D eigenvalue weighted by Gasteiger charge is 2.18. The number of thiol groups is 1. The van der Waals surface area contributed by atoms with Gasteiger partial charge in [-0.1, -0.05) is 6.07 Å². The molecule has 17 heavy (non-hydrogen) atoms. The van der Waals surface area contributed by atoms with E-state index in [2.05, 4.69) is 28.2 Å². The maximum atomic E-state index is 11.8. The Balaban J connectivity index is 2.62. The molecule has 0 fully saturated rings. The number of amides is 2. The molecule has 1 rings (SSSR count). The van der Waals surface area contributed by atoms with Crippen molar-refractivity contribution in [1.82, 2.24) is 10.3 Å². The normalized spacial score (nSPS) is 11.6. The zero-order valence-electron chi connectivity index (χ0n) is 9.51. The third-order valence-electron chi connectivity index (χ3n) is 2.03. The monoisotopic (exact) mass is 253 g/mol. The zero-order chi connectivity index (χ0) is 12.7. The summed E-state index contributed by atoms with van der Waals surface area (Å²) in [7, 11) is 0. The lowest BCUT2D eigenvalue weighted by Gasteiger charge is -2.16. The van der Waals surface area contributed by atoms with Gasteiger partial charge >= 0.3 is 0 Å². The lowest BCUT2D eigenvalue weighted by atomic mass is 10.2. The SMILES string of the molecule is CC(=O)NC(CCS)C(=O)Nc1ccccn1. The van der Waals surface area contributed by atoms with Gasteiger partial charge in [-0.2, -0.15) is 12.6 Å². The number of carbonyl (C=O) groups excluding carboxylic acids is 2. The quantitative estimate of drug-likeness (QED) is 0.681. The Hall–Kier alpha value is -1.56. The second kappa shape index (κ2) is 6.90. The smallest absolute Gasteiger partial charge is 0.248 e. The predicted octanol–water partition coefficient (Wildman–Crippen LogP) is 0.845. The topological polar surface area (TPSA) is 71.1 Å². The fourth-order valence-corrected chi connectivity index (χ4v) is 1.55. The molecular weight excluding hydrogens is 238 g/mol. The van der Waals surface area contributed by atoms with Crippen LogP contribution in [0.1, 0.15) is 13.3 Å². The molecule has 1 atom stereocenters. The molecule has 0 bridgehead atoms. The van der Waals surface area contributed by atoms with Gasteiger partial charge in [-0.25, -0.2) is 4.98 Å². The van der Waals surface area contributed by atoms with E-state index < -0.39 is 6.04 Å². The van der Waals surface area contributed by atoms with E-state index in [0.29, 0.717) is 18.0 Å². The van der Waals surface area contributed by atoms with Gasteiger partial charge in [0.25, 0.3) is 0 Å². The summed E-state index contributed by atoms with van der Waals surface area (Å²) < 4.78 is 0.